The van der Waals surface area contributed by atoms with Crippen LogP contribution in [0.3, 0.4) is 0 Å². The van der Waals surface area contributed by atoms with Gasteiger partial charge in [-0.1, -0.05) is 37.3 Å². The van der Waals surface area contributed by atoms with Crippen molar-refractivity contribution in [2.45, 2.75) is 18.9 Å². The van der Waals surface area contributed by atoms with Crippen LogP contribution >= 0.6 is 0 Å². The van der Waals surface area contributed by atoms with Gasteiger partial charge in [-0.3, -0.25) is 14.9 Å². The SMILES string of the molecule is CC(CNC(=O)C1CNC(=O)CN1)c1ccccc1. The number of carbonyl (C=O) groups is 2. The number of hydrogen-bond donors (Lipinski definition) is 3. The van der Waals surface area contributed by atoms with Gasteiger partial charge in [-0.05, 0) is 11.5 Å². The zero-order valence-electron chi connectivity index (χ0n) is 11.0. The van der Waals surface area contributed by atoms with Gasteiger partial charge in [0, 0.05) is 13.1 Å². The van der Waals surface area contributed by atoms with Gasteiger partial charge < -0.3 is 10.6 Å². The molecule has 19 heavy (non-hydrogen) atoms. The number of piperazine rings is 1. The van der Waals surface area contributed by atoms with E-state index in [0.29, 0.717) is 13.1 Å². The molecule has 1 aliphatic heterocycles. The van der Waals surface area contributed by atoms with Gasteiger partial charge in [0.1, 0.15) is 6.04 Å². The van der Waals surface area contributed by atoms with Crippen molar-refractivity contribution in [3.8, 4) is 0 Å². The molecule has 1 aromatic rings. The summed E-state index contributed by atoms with van der Waals surface area (Å²) in [7, 11) is 0. The Bertz CT molecular complexity index is 437. The molecule has 2 amide bonds. The number of benzene rings is 1. The molecule has 0 spiro atoms. The van der Waals surface area contributed by atoms with Gasteiger partial charge in [-0.25, -0.2) is 0 Å². The van der Waals surface area contributed by atoms with Crippen LogP contribution in [0.5, 0.6) is 0 Å². The highest BCUT2D eigenvalue weighted by molar-refractivity contribution is 5.86. The summed E-state index contributed by atoms with van der Waals surface area (Å²) in [5, 5.41) is 8.49. The van der Waals surface area contributed by atoms with Crippen LogP contribution in [0, 0.1) is 0 Å². The van der Waals surface area contributed by atoms with E-state index in [9.17, 15) is 9.59 Å². The maximum atomic E-state index is 11.9. The van der Waals surface area contributed by atoms with E-state index in [4.69, 9.17) is 0 Å². The maximum Gasteiger partial charge on any atom is 0.238 e. The Hall–Kier alpha value is -1.88. The van der Waals surface area contributed by atoms with Crippen molar-refractivity contribution in [2.24, 2.45) is 0 Å². The minimum Gasteiger partial charge on any atom is -0.354 e. The Morgan fingerprint density at radius 2 is 2.16 bits per heavy atom. The molecule has 1 heterocycles. The molecule has 0 bridgehead atoms. The maximum absolute atomic E-state index is 11.9. The molecule has 0 radical (unpaired) electrons. The summed E-state index contributed by atoms with van der Waals surface area (Å²) in [5.74, 6) is 0.132. The lowest BCUT2D eigenvalue weighted by molar-refractivity contribution is -0.126. The molecule has 3 N–H and O–H groups in total. The second-order valence-corrected chi connectivity index (χ2v) is 4.79. The van der Waals surface area contributed by atoms with E-state index >= 15 is 0 Å². The largest absolute Gasteiger partial charge is 0.354 e. The molecule has 0 aliphatic carbocycles. The Morgan fingerprint density at radius 3 is 2.79 bits per heavy atom. The van der Waals surface area contributed by atoms with E-state index in [1.54, 1.807) is 0 Å². The van der Waals surface area contributed by atoms with Crippen LogP contribution in [0.4, 0.5) is 0 Å². The van der Waals surface area contributed by atoms with Crippen LogP contribution < -0.4 is 16.0 Å². The van der Waals surface area contributed by atoms with E-state index in [0.717, 1.165) is 0 Å². The van der Waals surface area contributed by atoms with Gasteiger partial charge in [-0.2, -0.15) is 0 Å². The molecule has 0 aromatic heterocycles. The van der Waals surface area contributed by atoms with Crippen LogP contribution in [-0.4, -0.2) is 37.5 Å². The molecular weight excluding hydrogens is 242 g/mol. The third kappa shape index (κ3) is 3.79. The molecule has 2 rings (SSSR count). The molecular formula is C14H19N3O2. The smallest absolute Gasteiger partial charge is 0.238 e. The molecule has 2 atom stereocenters. The minimum absolute atomic E-state index is 0.0669. The molecule has 5 heteroatoms. The summed E-state index contributed by atoms with van der Waals surface area (Å²) in [6.45, 7) is 3.22. The van der Waals surface area contributed by atoms with Gasteiger partial charge >= 0.3 is 0 Å². The third-order valence-electron chi connectivity index (χ3n) is 3.28. The molecule has 102 valence electrons. The topological polar surface area (TPSA) is 70.2 Å². The van der Waals surface area contributed by atoms with Crippen LogP contribution in [0.15, 0.2) is 30.3 Å². The van der Waals surface area contributed by atoms with Crippen molar-refractivity contribution in [3.05, 3.63) is 35.9 Å². The number of hydrogen-bond acceptors (Lipinski definition) is 3. The summed E-state index contributed by atoms with van der Waals surface area (Å²) in [4.78, 5) is 22.9. The fourth-order valence-electron chi connectivity index (χ4n) is 2.03. The predicted molar refractivity (Wildman–Crippen MR) is 72.7 cm³/mol. The Morgan fingerprint density at radius 1 is 1.42 bits per heavy atom. The summed E-state index contributed by atoms with van der Waals surface area (Å²) >= 11 is 0. The van der Waals surface area contributed by atoms with Gasteiger partial charge in [-0.15, -0.1) is 0 Å². The summed E-state index contributed by atoms with van der Waals surface area (Å²) in [5.41, 5.74) is 1.20. The molecule has 1 saturated heterocycles. The minimum atomic E-state index is -0.333. The lowest BCUT2D eigenvalue weighted by Gasteiger charge is -2.24. The first-order valence-corrected chi connectivity index (χ1v) is 6.49. The van der Waals surface area contributed by atoms with Gasteiger partial charge in [0.05, 0.1) is 6.54 Å². The Balaban J connectivity index is 1.79. The normalized spacial score (nSPS) is 20.5. The first-order chi connectivity index (χ1) is 9.16. The fraction of sp³-hybridized carbons (Fsp3) is 0.429. The van der Waals surface area contributed by atoms with Crippen LogP contribution in [-0.2, 0) is 9.59 Å². The summed E-state index contributed by atoms with van der Waals surface area (Å²) in [6.07, 6.45) is 0. The zero-order valence-corrected chi connectivity index (χ0v) is 11.0. The molecule has 1 aliphatic rings. The number of amides is 2. The Kier molecular flexibility index (Phi) is 4.52. The molecule has 1 fully saturated rings. The average molecular weight is 261 g/mol. The number of nitrogens with one attached hydrogen (secondary N) is 3. The lowest BCUT2D eigenvalue weighted by Crippen LogP contribution is -2.58. The predicted octanol–water partition coefficient (Wildman–Crippen LogP) is -0.00570. The monoisotopic (exact) mass is 261 g/mol. The quantitative estimate of drug-likeness (QED) is 0.714. The summed E-state index contributed by atoms with van der Waals surface area (Å²) < 4.78 is 0. The van der Waals surface area contributed by atoms with Crippen LogP contribution in [0.25, 0.3) is 0 Å². The van der Waals surface area contributed by atoms with Crippen LogP contribution in [0.2, 0.25) is 0 Å². The number of carbonyl (C=O) groups excluding carboxylic acids is 2. The van der Waals surface area contributed by atoms with Crippen molar-refractivity contribution in [2.75, 3.05) is 19.6 Å². The fourth-order valence-corrected chi connectivity index (χ4v) is 2.03. The molecule has 5 nitrogen and oxygen atoms in total. The van der Waals surface area contributed by atoms with Crippen molar-refractivity contribution in [1.29, 1.82) is 0 Å². The van der Waals surface area contributed by atoms with Gasteiger partial charge in [0.25, 0.3) is 0 Å². The standard InChI is InChI=1S/C14H19N3O2/c1-10(11-5-3-2-4-6-11)7-17-14(19)12-8-16-13(18)9-15-12/h2-6,10,12,15H,7-9H2,1H3,(H,16,18)(H,17,19). The van der Waals surface area contributed by atoms with E-state index < -0.39 is 0 Å². The van der Waals surface area contributed by atoms with Gasteiger partial charge in [0.2, 0.25) is 11.8 Å². The molecule has 0 saturated carbocycles. The lowest BCUT2D eigenvalue weighted by atomic mass is 10.0. The average Bonchev–Trinajstić information content (AvgIpc) is 2.46. The third-order valence-corrected chi connectivity index (χ3v) is 3.28. The second-order valence-electron chi connectivity index (χ2n) is 4.79. The van der Waals surface area contributed by atoms with E-state index in [-0.39, 0.29) is 30.3 Å². The van der Waals surface area contributed by atoms with Crippen molar-refractivity contribution >= 4 is 11.8 Å². The highest BCUT2D eigenvalue weighted by atomic mass is 16.2. The van der Waals surface area contributed by atoms with E-state index in [1.807, 2.05) is 18.2 Å². The zero-order chi connectivity index (χ0) is 13.7. The molecule has 2 unspecified atom stereocenters. The molecule has 1 aromatic carbocycles. The van der Waals surface area contributed by atoms with Crippen LogP contribution in [0.1, 0.15) is 18.4 Å². The van der Waals surface area contributed by atoms with Gasteiger partial charge in [0.15, 0.2) is 0 Å². The summed E-state index contributed by atoms with van der Waals surface area (Å²) in [6, 6.07) is 9.73. The van der Waals surface area contributed by atoms with Crippen molar-refractivity contribution in [3.63, 3.8) is 0 Å². The number of rotatable bonds is 4. The van der Waals surface area contributed by atoms with E-state index in [1.165, 1.54) is 5.56 Å². The second kappa shape index (κ2) is 6.33. The van der Waals surface area contributed by atoms with Crippen molar-refractivity contribution in [1.82, 2.24) is 16.0 Å². The Labute approximate surface area is 112 Å². The first kappa shape index (κ1) is 13.5. The highest BCUT2D eigenvalue weighted by Crippen LogP contribution is 2.12. The van der Waals surface area contributed by atoms with Crippen molar-refractivity contribution < 1.29 is 9.59 Å². The first-order valence-electron chi connectivity index (χ1n) is 6.49. The van der Waals surface area contributed by atoms with E-state index in [2.05, 4.69) is 35.0 Å². The highest BCUT2D eigenvalue weighted by Gasteiger charge is 2.23.